The van der Waals surface area contributed by atoms with Crippen LogP contribution >= 0.6 is 0 Å². The highest BCUT2D eigenvalue weighted by atomic mass is 16.5. The number of amides is 1. The number of benzene rings is 2. The van der Waals surface area contributed by atoms with E-state index in [1.165, 1.54) is 30.5 Å². The molecule has 29 heavy (non-hydrogen) atoms. The zero-order valence-corrected chi connectivity index (χ0v) is 18.4. The lowest BCUT2D eigenvalue weighted by atomic mass is 9.93. The predicted molar refractivity (Wildman–Crippen MR) is 120 cm³/mol. The molecule has 1 heterocycles. The second-order valence-corrected chi connectivity index (χ2v) is 8.40. The Labute approximate surface area is 175 Å². The molecule has 4 heteroatoms. The smallest absolute Gasteiger partial charge is 0.251 e. The average molecular weight is 395 g/mol. The highest BCUT2D eigenvalue weighted by Gasteiger charge is 2.18. The number of piperidine rings is 1. The standard InChI is InChI=1S/C25H34N2O2/c1-17(2)22-16-23(18(3)15-24(22)29-5)19(4)26-25(28)20-9-11-21(12-10-20)27-13-7-6-8-14-27/h9-12,15-17,19H,6-8,13-14H2,1-5H3,(H,26,28)/t19-/m0/s1. The van der Waals surface area contributed by atoms with E-state index >= 15 is 0 Å². The first-order valence-corrected chi connectivity index (χ1v) is 10.7. The molecule has 1 aliphatic heterocycles. The van der Waals surface area contributed by atoms with E-state index in [0.717, 1.165) is 30.0 Å². The van der Waals surface area contributed by atoms with Crippen LogP contribution in [0.2, 0.25) is 0 Å². The van der Waals surface area contributed by atoms with Crippen molar-refractivity contribution >= 4 is 11.6 Å². The number of methoxy groups -OCH3 is 1. The van der Waals surface area contributed by atoms with E-state index in [0.29, 0.717) is 11.5 Å². The van der Waals surface area contributed by atoms with Gasteiger partial charge in [-0.05, 0) is 92.1 Å². The molecule has 1 N–H and O–H groups in total. The van der Waals surface area contributed by atoms with Crippen molar-refractivity contribution in [1.82, 2.24) is 5.32 Å². The molecule has 0 bridgehead atoms. The number of rotatable bonds is 6. The molecule has 4 nitrogen and oxygen atoms in total. The fourth-order valence-electron chi connectivity index (χ4n) is 4.14. The summed E-state index contributed by atoms with van der Waals surface area (Å²) < 4.78 is 5.54. The molecule has 1 saturated heterocycles. The van der Waals surface area contributed by atoms with Gasteiger partial charge in [-0.15, -0.1) is 0 Å². The van der Waals surface area contributed by atoms with Gasteiger partial charge in [0.15, 0.2) is 0 Å². The Kier molecular flexibility index (Phi) is 6.83. The lowest BCUT2D eigenvalue weighted by Gasteiger charge is -2.28. The van der Waals surface area contributed by atoms with Gasteiger partial charge in [0, 0.05) is 24.3 Å². The highest BCUT2D eigenvalue weighted by molar-refractivity contribution is 5.94. The average Bonchev–Trinajstić information content (AvgIpc) is 2.73. The monoisotopic (exact) mass is 394 g/mol. The molecule has 1 amide bonds. The van der Waals surface area contributed by atoms with Gasteiger partial charge < -0.3 is 15.0 Å². The SMILES string of the molecule is COc1cc(C)c([C@H](C)NC(=O)c2ccc(N3CCCCC3)cc2)cc1C(C)C. The quantitative estimate of drug-likeness (QED) is 0.692. The van der Waals surface area contributed by atoms with Gasteiger partial charge in [0.05, 0.1) is 13.2 Å². The van der Waals surface area contributed by atoms with E-state index in [1.54, 1.807) is 7.11 Å². The summed E-state index contributed by atoms with van der Waals surface area (Å²) in [5.41, 5.74) is 5.34. The fraction of sp³-hybridized carbons (Fsp3) is 0.480. The third kappa shape index (κ3) is 4.92. The van der Waals surface area contributed by atoms with Crippen molar-refractivity contribution in [1.29, 1.82) is 0 Å². The van der Waals surface area contributed by atoms with Gasteiger partial charge in [0.1, 0.15) is 5.75 Å². The molecule has 2 aromatic carbocycles. The molecule has 1 aliphatic rings. The fourth-order valence-corrected chi connectivity index (χ4v) is 4.14. The molecule has 0 unspecified atom stereocenters. The lowest BCUT2D eigenvalue weighted by Crippen LogP contribution is -2.29. The van der Waals surface area contributed by atoms with Crippen LogP contribution in [0.25, 0.3) is 0 Å². The summed E-state index contributed by atoms with van der Waals surface area (Å²) >= 11 is 0. The molecule has 0 aliphatic carbocycles. The summed E-state index contributed by atoms with van der Waals surface area (Å²) in [5, 5.41) is 3.16. The Morgan fingerprint density at radius 3 is 2.24 bits per heavy atom. The van der Waals surface area contributed by atoms with Crippen molar-refractivity contribution in [3.8, 4) is 5.75 Å². The van der Waals surface area contributed by atoms with E-state index in [4.69, 9.17) is 4.74 Å². The van der Waals surface area contributed by atoms with Gasteiger partial charge >= 0.3 is 0 Å². The van der Waals surface area contributed by atoms with Crippen LogP contribution in [0.3, 0.4) is 0 Å². The highest BCUT2D eigenvalue weighted by Crippen LogP contribution is 2.32. The molecule has 0 aromatic heterocycles. The number of aryl methyl sites for hydroxylation is 1. The molecule has 2 aromatic rings. The molecule has 0 saturated carbocycles. The summed E-state index contributed by atoms with van der Waals surface area (Å²) in [6.45, 7) is 10.6. The zero-order valence-electron chi connectivity index (χ0n) is 18.4. The van der Waals surface area contributed by atoms with Gasteiger partial charge in [-0.25, -0.2) is 0 Å². The normalized spacial score (nSPS) is 15.3. The van der Waals surface area contributed by atoms with Gasteiger partial charge in [-0.3, -0.25) is 4.79 Å². The number of anilines is 1. The van der Waals surface area contributed by atoms with Gasteiger partial charge in [-0.1, -0.05) is 13.8 Å². The first kappa shape index (κ1) is 21.2. The molecule has 0 spiro atoms. The van der Waals surface area contributed by atoms with E-state index in [2.05, 4.69) is 55.3 Å². The Balaban J connectivity index is 1.72. The van der Waals surface area contributed by atoms with Crippen LogP contribution < -0.4 is 15.0 Å². The van der Waals surface area contributed by atoms with Crippen LogP contribution in [0.4, 0.5) is 5.69 Å². The van der Waals surface area contributed by atoms with Crippen LogP contribution in [0.15, 0.2) is 36.4 Å². The number of carbonyl (C=O) groups is 1. The number of nitrogens with one attached hydrogen (secondary N) is 1. The van der Waals surface area contributed by atoms with Crippen LogP contribution in [-0.2, 0) is 0 Å². The maximum absolute atomic E-state index is 12.8. The minimum absolute atomic E-state index is 0.0380. The molecule has 1 atom stereocenters. The summed E-state index contributed by atoms with van der Waals surface area (Å²) in [7, 11) is 1.71. The maximum Gasteiger partial charge on any atom is 0.251 e. The topological polar surface area (TPSA) is 41.6 Å². The second-order valence-electron chi connectivity index (χ2n) is 8.40. The third-order valence-electron chi connectivity index (χ3n) is 5.91. The van der Waals surface area contributed by atoms with Crippen molar-refractivity contribution in [3.63, 3.8) is 0 Å². The third-order valence-corrected chi connectivity index (χ3v) is 5.91. The number of hydrogen-bond acceptors (Lipinski definition) is 3. The molecule has 1 fully saturated rings. The summed E-state index contributed by atoms with van der Waals surface area (Å²) in [4.78, 5) is 15.2. The Bertz CT molecular complexity index is 837. The molecular formula is C25H34N2O2. The minimum atomic E-state index is -0.0762. The van der Waals surface area contributed by atoms with E-state index < -0.39 is 0 Å². The van der Waals surface area contributed by atoms with Gasteiger partial charge in [0.25, 0.3) is 5.91 Å². The van der Waals surface area contributed by atoms with Crippen LogP contribution in [0, 0.1) is 6.92 Å². The first-order chi connectivity index (χ1) is 13.9. The van der Waals surface area contributed by atoms with Crippen LogP contribution in [-0.4, -0.2) is 26.1 Å². The van der Waals surface area contributed by atoms with Crippen LogP contribution in [0.1, 0.15) is 79.0 Å². The second kappa shape index (κ2) is 9.34. The van der Waals surface area contributed by atoms with E-state index in [1.807, 2.05) is 19.1 Å². The number of carbonyl (C=O) groups excluding carboxylic acids is 1. The largest absolute Gasteiger partial charge is 0.496 e. The van der Waals surface area contributed by atoms with E-state index in [9.17, 15) is 4.79 Å². The van der Waals surface area contributed by atoms with Crippen molar-refractivity contribution in [3.05, 3.63) is 58.7 Å². The Morgan fingerprint density at radius 1 is 1.00 bits per heavy atom. The van der Waals surface area contributed by atoms with Crippen molar-refractivity contribution in [2.24, 2.45) is 0 Å². The van der Waals surface area contributed by atoms with E-state index in [-0.39, 0.29) is 11.9 Å². The van der Waals surface area contributed by atoms with Crippen LogP contribution in [0.5, 0.6) is 5.75 Å². The maximum atomic E-state index is 12.8. The first-order valence-electron chi connectivity index (χ1n) is 10.7. The number of nitrogens with zero attached hydrogens (tertiary/aromatic N) is 1. The summed E-state index contributed by atoms with van der Waals surface area (Å²) in [5.74, 6) is 1.23. The summed E-state index contributed by atoms with van der Waals surface area (Å²) in [6.07, 6.45) is 3.82. The minimum Gasteiger partial charge on any atom is -0.496 e. The molecular weight excluding hydrogens is 360 g/mol. The summed E-state index contributed by atoms with van der Waals surface area (Å²) in [6, 6.07) is 12.2. The van der Waals surface area contributed by atoms with Gasteiger partial charge in [0.2, 0.25) is 0 Å². The Hall–Kier alpha value is -2.49. The molecule has 3 rings (SSSR count). The molecule has 156 valence electrons. The van der Waals surface area contributed by atoms with Crippen molar-refractivity contribution < 1.29 is 9.53 Å². The lowest BCUT2D eigenvalue weighted by molar-refractivity contribution is 0.0940. The van der Waals surface area contributed by atoms with Gasteiger partial charge in [-0.2, -0.15) is 0 Å². The number of hydrogen-bond donors (Lipinski definition) is 1. The Morgan fingerprint density at radius 2 is 1.66 bits per heavy atom. The zero-order chi connectivity index (χ0) is 21.0. The predicted octanol–water partition coefficient (Wildman–Crippen LogP) is 5.61. The van der Waals surface area contributed by atoms with Crippen molar-refractivity contribution in [2.75, 3.05) is 25.1 Å². The van der Waals surface area contributed by atoms with Crippen molar-refractivity contribution in [2.45, 2.75) is 58.9 Å². The number of ether oxygens (including phenoxy) is 1. The molecule has 0 radical (unpaired) electrons.